The van der Waals surface area contributed by atoms with Crippen molar-refractivity contribution in [2.45, 2.75) is 71.4 Å². The smallest absolute Gasteiger partial charge is 0.229 e. The van der Waals surface area contributed by atoms with Crippen molar-refractivity contribution in [3.8, 4) is 5.75 Å². The minimum Gasteiger partial charge on any atom is -0.491 e. The topological polar surface area (TPSA) is 49.9 Å². The molecule has 1 atom stereocenters. The number of likely N-dealkylation sites (tertiary alicyclic amines) is 1. The van der Waals surface area contributed by atoms with E-state index < -0.39 is 0 Å². The van der Waals surface area contributed by atoms with E-state index in [4.69, 9.17) is 16.3 Å². The van der Waals surface area contributed by atoms with Crippen LogP contribution in [-0.4, -0.2) is 41.3 Å². The first-order valence-electron chi connectivity index (χ1n) is 13.0. The molecule has 2 amide bonds. The van der Waals surface area contributed by atoms with E-state index in [2.05, 4.69) is 43.0 Å². The molecule has 5 nitrogen and oxygen atoms in total. The molecule has 6 heteroatoms. The molecule has 1 aliphatic carbocycles. The van der Waals surface area contributed by atoms with Gasteiger partial charge in [0.25, 0.3) is 0 Å². The van der Waals surface area contributed by atoms with Crippen molar-refractivity contribution < 1.29 is 14.3 Å². The summed E-state index contributed by atoms with van der Waals surface area (Å²) in [6.45, 7) is 6.94. The van der Waals surface area contributed by atoms with Gasteiger partial charge in [-0.15, -0.1) is 0 Å². The number of carbonyl (C=O) groups is 2. The molecule has 2 aliphatic rings. The van der Waals surface area contributed by atoms with Crippen molar-refractivity contribution in [1.29, 1.82) is 0 Å². The Morgan fingerprint density at radius 2 is 1.71 bits per heavy atom. The molecule has 1 aliphatic heterocycles. The number of rotatable bonds is 10. The minimum absolute atomic E-state index is 0.0986. The monoisotopic (exact) mass is 496 g/mol. The highest BCUT2D eigenvalue weighted by Crippen LogP contribution is 2.31. The summed E-state index contributed by atoms with van der Waals surface area (Å²) in [4.78, 5) is 27.5. The van der Waals surface area contributed by atoms with Crippen LogP contribution >= 0.6 is 11.6 Å². The van der Waals surface area contributed by atoms with E-state index in [0.29, 0.717) is 32.0 Å². The van der Waals surface area contributed by atoms with Crippen LogP contribution in [0.1, 0.15) is 74.6 Å². The average Bonchev–Trinajstić information content (AvgIpc) is 3.18. The first kappa shape index (κ1) is 25.7. The van der Waals surface area contributed by atoms with Crippen LogP contribution in [0.5, 0.6) is 5.75 Å². The third-order valence-corrected chi connectivity index (χ3v) is 7.72. The summed E-state index contributed by atoms with van der Waals surface area (Å²) in [5.41, 5.74) is 3.61. The number of nitrogens with zero attached hydrogens (tertiary/aromatic N) is 2. The molecule has 1 saturated carbocycles. The molecule has 0 bridgehead atoms. The first-order chi connectivity index (χ1) is 16.9. The molecule has 0 N–H and O–H groups in total. The van der Waals surface area contributed by atoms with Crippen LogP contribution in [0, 0.1) is 12.8 Å². The zero-order valence-corrected chi connectivity index (χ0v) is 21.7. The fourth-order valence-corrected chi connectivity index (χ4v) is 5.46. The van der Waals surface area contributed by atoms with Crippen molar-refractivity contribution in [2.75, 3.05) is 19.7 Å². The molecule has 4 rings (SSSR count). The van der Waals surface area contributed by atoms with Crippen molar-refractivity contribution in [2.24, 2.45) is 5.92 Å². The van der Waals surface area contributed by atoms with Gasteiger partial charge in [-0.1, -0.05) is 55.1 Å². The Morgan fingerprint density at radius 1 is 1.03 bits per heavy atom. The zero-order chi connectivity index (χ0) is 24.8. The number of benzene rings is 2. The molecule has 2 fully saturated rings. The van der Waals surface area contributed by atoms with E-state index in [9.17, 15) is 9.59 Å². The molecule has 35 heavy (non-hydrogen) atoms. The largest absolute Gasteiger partial charge is 0.491 e. The van der Waals surface area contributed by atoms with Crippen molar-refractivity contribution >= 4 is 23.4 Å². The van der Waals surface area contributed by atoms with Crippen molar-refractivity contribution in [3.63, 3.8) is 0 Å². The maximum atomic E-state index is 11.8. The second-order valence-corrected chi connectivity index (χ2v) is 10.5. The maximum absolute atomic E-state index is 11.8. The predicted molar refractivity (Wildman–Crippen MR) is 139 cm³/mol. The van der Waals surface area contributed by atoms with Gasteiger partial charge in [0.2, 0.25) is 11.8 Å². The molecule has 0 aromatic heterocycles. The van der Waals surface area contributed by atoms with Gasteiger partial charge in [0.05, 0.1) is 6.54 Å². The molecule has 0 radical (unpaired) electrons. The lowest BCUT2D eigenvalue weighted by Gasteiger charge is -2.34. The Balaban J connectivity index is 1.41. The second-order valence-electron chi connectivity index (χ2n) is 10.0. The molecule has 2 aromatic rings. The van der Waals surface area contributed by atoms with Crippen molar-refractivity contribution in [3.05, 3.63) is 64.2 Å². The van der Waals surface area contributed by atoms with E-state index in [0.717, 1.165) is 35.3 Å². The van der Waals surface area contributed by atoms with E-state index >= 15 is 0 Å². The van der Waals surface area contributed by atoms with Crippen LogP contribution in [0.3, 0.4) is 0 Å². The molecule has 188 valence electrons. The highest BCUT2D eigenvalue weighted by Gasteiger charge is 2.28. The highest BCUT2D eigenvalue weighted by atomic mass is 35.5. The van der Waals surface area contributed by atoms with Gasteiger partial charge in [-0.25, -0.2) is 0 Å². The minimum atomic E-state index is -0.0986. The van der Waals surface area contributed by atoms with Gasteiger partial charge < -0.3 is 4.74 Å². The second kappa shape index (κ2) is 12.0. The van der Waals surface area contributed by atoms with Gasteiger partial charge >= 0.3 is 0 Å². The highest BCUT2D eigenvalue weighted by molar-refractivity contribution is 6.30. The number of imide groups is 1. The number of carbonyl (C=O) groups excluding carboxylic acids is 2. The normalized spacial score (nSPS) is 17.9. The fourth-order valence-electron chi connectivity index (χ4n) is 5.34. The summed E-state index contributed by atoms with van der Waals surface area (Å²) in [5, 5.41) is 0.768. The Kier molecular flexibility index (Phi) is 8.85. The van der Waals surface area contributed by atoms with Crippen LogP contribution in [0.4, 0.5) is 0 Å². The molecule has 0 unspecified atom stereocenters. The van der Waals surface area contributed by atoms with Gasteiger partial charge in [0, 0.05) is 37.0 Å². The number of halogens is 1. The van der Waals surface area contributed by atoms with Gasteiger partial charge in [0.15, 0.2) is 0 Å². The lowest BCUT2D eigenvalue weighted by Crippen LogP contribution is -2.33. The summed E-state index contributed by atoms with van der Waals surface area (Å²) >= 11 is 6.14. The number of hydrogen-bond donors (Lipinski definition) is 0. The number of aryl methyl sites for hydroxylation is 1. The number of hydrogen-bond acceptors (Lipinski definition) is 4. The quantitative estimate of drug-likeness (QED) is 0.361. The molecular formula is C29H37ClN2O3. The Bertz CT molecular complexity index is 1000. The van der Waals surface area contributed by atoms with E-state index in [-0.39, 0.29) is 11.8 Å². The Hall–Kier alpha value is -2.37. The first-order valence-corrected chi connectivity index (χ1v) is 13.3. The standard InChI is InChI=1S/C29H37ClN2O3/c1-21-18-24(8-13-27(21)35-17-16-32-28(33)14-15-29(32)34)20-31(19-23-6-4-3-5-7-23)22(2)25-9-11-26(30)12-10-25/h8-13,18,22-23H,3-7,14-17,19-20H2,1-2H3/t22-/m0/s1. The molecule has 2 aromatic carbocycles. The van der Waals surface area contributed by atoms with Gasteiger partial charge in [0.1, 0.15) is 12.4 Å². The SMILES string of the molecule is Cc1cc(CN(CC2CCCCC2)[C@@H](C)c2ccc(Cl)cc2)ccc1OCCN1C(=O)CCC1=O. The third kappa shape index (κ3) is 6.86. The Morgan fingerprint density at radius 3 is 2.37 bits per heavy atom. The summed E-state index contributed by atoms with van der Waals surface area (Å²) in [6, 6.07) is 14.9. The summed E-state index contributed by atoms with van der Waals surface area (Å²) in [6.07, 6.45) is 7.32. The molecular weight excluding hydrogens is 460 g/mol. The zero-order valence-electron chi connectivity index (χ0n) is 21.0. The summed E-state index contributed by atoms with van der Waals surface area (Å²) in [7, 11) is 0. The summed E-state index contributed by atoms with van der Waals surface area (Å²) in [5.74, 6) is 1.35. The number of ether oxygens (including phenoxy) is 1. The summed E-state index contributed by atoms with van der Waals surface area (Å²) < 4.78 is 5.93. The van der Waals surface area contributed by atoms with Gasteiger partial charge in [-0.2, -0.15) is 0 Å². The van der Waals surface area contributed by atoms with Crippen LogP contribution in [0.2, 0.25) is 5.02 Å². The van der Waals surface area contributed by atoms with E-state index in [1.807, 2.05) is 18.2 Å². The molecule has 1 heterocycles. The molecule has 1 saturated heterocycles. The van der Waals surface area contributed by atoms with E-state index in [1.165, 1.54) is 48.1 Å². The lowest BCUT2D eigenvalue weighted by molar-refractivity contribution is -0.138. The predicted octanol–water partition coefficient (Wildman–Crippen LogP) is 6.32. The molecule has 0 spiro atoms. The van der Waals surface area contributed by atoms with Crippen molar-refractivity contribution in [1.82, 2.24) is 9.80 Å². The Labute approximate surface area is 214 Å². The van der Waals surface area contributed by atoms with Crippen LogP contribution in [0.25, 0.3) is 0 Å². The van der Waals surface area contributed by atoms with E-state index in [1.54, 1.807) is 0 Å². The van der Waals surface area contributed by atoms with Crippen LogP contribution in [-0.2, 0) is 16.1 Å². The lowest BCUT2D eigenvalue weighted by atomic mass is 9.88. The average molecular weight is 497 g/mol. The maximum Gasteiger partial charge on any atom is 0.229 e. The van der Waals surface area contributed by atoms with Gasteiger partial charge in [-0.05, 0) is 67.5 Å². The van der Waals surface area contributed by atoms with Crippen LogP contribution in [0.15, 0.2) is 42.5 Å². The third-order valence-electron chi connectivity index (χ3n) is 7.47. The fraction of sp³-hybridized carbons (Fsp3) is 0.517. The van der Waals surface area contributed by atoms with Gasteiger partial charge in [-0.3, -0.25) is 19.4 Å². The van der Waals surface area contributed by atoms with Crippen LogP contribution < -0.4 is 4.74 Å². The number of amides is 2.